The number of nitriles is 1. The van der Waals surface area contributed by atoms with Crippen molar-refractivity contribution >= 4 is 37.9 Å². The molecule has 2 aromatic rings. The van der Waals surface area contributed by atoms with Crippen LogP contribution in [0.15, 0.2) is 85.8 Å². The highest BCUT2D eigenvalue weighted by molar-refractivity contribution is 9.10. The summed E-state index contributed by atoms with van der Waals surface area (Å²) in [5, 5.41) is 9.97. The Labute approximate surface area is 206 Å². The van der Waals surface area contributed by atoms with Gasteiger partial charge in [-0.05, 0) is 76.8 Å². The molecule has 0 fully saturated rings. The minimum atomic E-state index is -0.199. The molecule has 0 bridgehead atoms. The van der Waals surface area contributed by atoms with E-state index in [1.54, 1.807) is 0 Å². The summed E-state index contributed by atoms with van der Waals surface area (Å²) in [7, 11) is 0. The Morgan fingerprint density at radius 1 is 1.00 bits per heavy atom. The Balaban J connectivity index is 1.89. The van der Waals surface area contributed by atoms with Gasteiger partial charge in [0.15, 0.2) is 0 Å². The Hall–Kier alpha value is -2.29. The molecule has 0 spiro atoms. The summed E-state index contributed by atoms with van der Waals surface area (Å²) in [6, 6.07) is 18.8. The van der Waals surface area contributed by atoms with Crippen molar-refractivity contribution in [2.45, 2.75) is 39.5 Å². The molecule has 1 aliphatic heterocycles. The predicted octanol–water partition coefficient (Wildman–Crippen LogP) is 7.81. The van der Waals surface area contributed by atoms with Gasteiger partial charge in [-0.15, -0.1) is 0 Å². The first-order valence-electron chi connectivity index (χ1n) is 10.7. The van der Waals surface area contributed by atoms with Gasteiger partial charge in [-0.25, -0.2) is 0 Å². The van der Waals surface area contributed by atoms with E-state index in [2.05, 4.69) is 89.0 Å². The van der Waals surface area contributed by atoms with E-state index in [1.165, 1.54) is 0 Å². The number of hydrogen-bond donors (Lipinski definition) is 1. The topological polar surface area (TPSA) is 59.0 Å². The molecule has 5 heteroatoms. The van der Waals surface area contributed by atoms with E-state index in [4.69, 9.17) is 10.5 Å². The molecule has 2 atom stereocenters. The van der Waals surface area contributed by atoms with Gasteiger partial charge in [0.1, 0.15) is 17.4 Å². The van der Waals surface area contributed by atoms with E-state index in [0.29, 0.717) is 11.5 Å². The number of halogens is 2. The summed E-state index contributed by atoms with van der Waals surface area (Å²) in [6.07, 6.45) is 3.97. The number of hydrogen-bond acceptors (Lipinski definition) is 3. The van der Waals surface area contributed by atoms with Crippen LogP contribution in [-0.2, 0) is 4.74 Å². The van der Waals surface area contributed by atoms with Crippen molar-refractivity contribution in [3.05, 3.63) is 97.0 Å². The maximum atomic E-state index is 9.97. The van der Waals surface area contributed by atoms with Crippen LogP contribution in [0.4, 0.5) is 0 Å². The van der Waals surface area contributed by atoms with E-state index < -0.39 is 0 Å². The van der Waals surface area contributed by atoms with Gasteiger partial charge in [0.05, 0.1) is 0 Å². The monoisotopic (exact) mass is 552 g/mol. The molecule has 4 rings (SSSR count). The van der Waals surface area contributed by atoms with Crippen LogP contribution in [-0.4, -0.2) is 0 Å². The quantitative estimate of drug-likeness (QED) is 0.412. The zero-order valence-electron chi connectivity index (χ0n) is 18.5. The predicted molar refractivity (Wildman–Crippen MR) is 136 cm³/mol. The van der Waals surface area contributed by atoms with E-state index in [0.717, 1.165) is 49.8 Å². The summed E-state index contributed by atoms with van der Waals surface area (Å²) < 4.78 is 8.22. The molecule has 32 heavy (non-hydrogen) atoms. The van der Waals surface area contributed by atoms with Crippen LogP contribution in [0.3, 0.4) is 0 Å². The largest absolute Gasteiger partial charge is 0.440 e. The number of nitrogens with zero attached hydrogens (tertiary/aromatic N) is 1. The second-order valence-electron chi connectivity index (χ2n) is 9.52. The normalized spacial score (nSPS) is 22.4. The van der Waals surface area contributed by atoms with Crippen molar-refractivity contribution in [2.24, 2.45) is 17.1 Å². The van der Waals surface area contributed by atoms with Crippen molar-refractivity contribution in [2.75, 3.05) is 0 Å². The lowest BCUT2D eigenvalue weighted by molar-refractivity contribution is 0.200. The molecule has 2 aromatic carbocycles. The van der Waals surface area contributed by atoms with Crippen molar-refractivity contribution in [1.29, 1.82) is 5.26 Å². The molecular weight excluding hydrogens is 528 g/mol. The average Bonchev–Trinajstić information content (AvgIpc) is 2.74. The maximum Gasteiger partial charge on any atom is 0.205 e. The molecular formula is C27H26Br2N2O. The highest BCUT2D eigenvalue weighted by atomic mass is 79.9. The number of allylic oxidation sites excluding steroid dienone is 3. The third kappa shape index (κ3) is 4.58. The van der Waals surface area contributed by atoms with Gasteiger partial charge >= 0.3 is 0 Å². The van der Waals surface area contributed by atoms with Gasteiger partial charge in [-0.3, -0.25) is 0 Å². The second-order valence-corrected chi connectivity index (χ2v) is 11.4. The van der Waals surface area contributed by atoms with Crippen LogP contribution in [0.5, 0.6) is 0 Å². The lowest BCUT2D eigenvalue weighted by atomic mass is 9.66. The molecule has 1 heterocycles. The van der Waals surface area contributed by atoms with E-state index in [-0.39, 0.29) is 17.2 Å². The Bertz CT molecular complexity index is 1160. The van der Waals surface area contributed by atoms with Crippen molar-refractivity contribution in [1.82, 2.24) is 0 Å². The number of benzene rings is 2. The molecule has 0 radical (unpaired) electrons. The fraction of sp³-hybridized carbons (Fsp3) is 0.296. The lowest BCUT2D eigenvalue weighted by Gasteiger charge is -2.41. The Kier molecular flexibility index (Phi) is 6.38. The maximum absolute atomic E-state index is 9.97. The minimum absolute atomic E-state index is 0.112. The molecule has 0 saturated carbocycles. The molecule has 0 aromatic heterocycles. The molecule has 0 saturated heterocycles. The van der Waals surface area contributed by atoms with Crippen molar-refractivity contribution < 1.29 is 4.74 Å². The number of rotatable bonds is 2. The Morgan fingerprint density at radius 2 is 1.59 bits per heavy atom. The standard InChI is InChI=1S/C27H26Br2N2O/c1-27(2,3)19-13-18(12-16-4-8-20(28)9-5-16)25-22(14-19)24(23(15-30)26(31)32-25)17-6-10-21(29)11-7-17/h4-12,19,24H,13-14,31H2,1-3H3/b18-12+. The summed E-state index contributed by atoms with van der Waals surface area (Å²) in [5.41, 5.74) is 11.4. The van der Waals surface area contributed by atoms with Gasteiger partial charge in [0, 0.05) is 14.9 Å². The summed E-state index contributed by atoms with van der Waals surface area (Å²) in [5.74, 6) is 1.26. The first kappa shape index (κ1) is 22.9. The molecule has 1 aliphatic carbocycles. The first-order valence-corrected chi connectivity index (χ1v) is 12.3. The summed E-state index contributed by atoms with van der Waals surface area (Å²) in [6.45, 7) is 6.86. The average molecular weight is 554 g/mol. The van der Waals surface area contributed by atoms with Gasteiger partial charge in [0.25, 0.3) is 0 Å². The van der Waals surface area contributed by atoms with Crippen LogP contribution >= 0.6 is 31.9 Å². The summed E-state index contributed by atoms with van der Waals surface area (Å²) in [4.78, 5) is 0. The van der Waals surface area contributed by atoms with E-state index in [9.17, 15) is 5.26 Å². The van der Waals surface area contributed by atoms with Crippen LogP contribution in [0, 0.1) is 22.7 Å². The SMILES string of the molecule is CC(C)(C)C1CC2=C(OC(N)=C(C#N)C2c2ccc(Br)cc2)/C(=C/c2ccc(Br)cc2)C1. The minimum Gasteiger partial charge on any atom is -0.440 e. The van der Waals surface area contributed by atoms with Crippen molar-refractivity contribution in [3.8, 4) is 6.07 Å². The molecule has 0 amide bonds. The molecule has 2 aliphatic rings. The van der Waals surface area contributed by atoms with Gasteiger partial charge < -0.3 is 10.5 Å². The first-order chi connectivity index (χ1) is 15.2. The van der Waals surface area contributed by atoms with Gasteiger partial charge in [-0.2, -0.15) is 5.26 Å². The van der Waals surface area contributed by atoms with E-state index >= 15 is 0 Å². The van der Waals surface area contributed by atoms with Gasteiger partial charge in [-0.1, -0.05) is 76.9 Å². The number of ether oxygens (including phenoxy) is 1. The zero-order chi connectivity index (χ0) is 23.0. The van der Waals surface area contributed by atoms with Gasteiger partial charge in [0.2, 0.25) is 5.88 Å². The fourth-order valence-electron chi connectivity index (χ4n) is 4.50. The lowest BCUT2D eigenvalue weighted by Crippen LogP contribution is -2.31. The Morgan fingerprint density at radius 3 is 2.16 bits per heavy atom. The zero-order valence-corrected chi connectivity index (χ0v) is 21.6. The molecule has 2 N–H and O–H groups in total. The highest BCUT2D eigenvalue weighted by Gasteiger charge is 2.41. The smallest absolute Gasteiger partial charge is 0.205 e. The molecule has 3 nitrogen and oxygen atoms in total. The summed E-state index contributed by atoms with van der Waals surface area (Å²) >= 11 is 7.03. The molecule has 164 valence electrons. The fourth-order valence-corrected chi connectivity index (χ4v) is 5.02. The third-order valence-electron chi connectivity index (χ3n) is 6.39. The van der Waals surface area contributed by atoms with Crippen LogP contribution in [0.25, 0.3) is 6.08 Å². The van der Waals surface area contributed by atoms with Crippen molar-refractivity contribution in [3.63, 3.8) is 0 Å². The van der Waals surface area contributed by atoms with E-state index in [1.807, 2.05) is 24.3 Å². The van der Waals surface area contributed by atoms with Crippen LogP contribution in [0.2, 0.25) is 0 Å². The third-order valence-corrected chi connectivity index (χ3v) is 7.45. The highest BCUT2D eigenvalue weighted by Crippen LogP contribution is 2.51. The molecule has 2 unspecified atom stereocenters. The second kappa shape index (κ2) is 8.92. The van der Waals surface area contributed by atoms with Crippen LogP contribution < -0.4 is 5.73 Å². The van der Waals surface area contributed by atoms with Crippen LogP contribution in [0.1, 0.15) is 50.7 Å². The number of nitrogens with two attached hydrogens (primary N) is 1.